The number of aromatic nitrogens is 2. The van der Waals surface area contributed by atoms with E-state index in [4.69, 9.17) is 0 Å². The minimum atomic E-state index is 0. The molecule has 0 atom stereocenters. The van der Waals surface area contributed by atoms with E-state index >= 15 is 0 Å². The summed E-state index contributed by atoms with van der Waals surface area (Å²) in [5, 5.41) is 0.933. The van der Waals surface area contributed by atoms with Gasteiger partial charge in [0.15, 0.2) is 0 Å². The molecule has 0 N–H and O–H groups in total. The first-order valence-corrected chi connectivity index (χ1v) is 4.57. The predicted molar refractivity (Wildman–Crippen MR) is 54.1 cm³/mol. The Balaban J connectivity index is 0.00000112. The fourth-order valence-corrected chi connectivity index (χ4v) is 1.34. The molecule has 5 heteroatoms. The Hall–Kier alpha value is -1.11. The van der Waals surface area contributed by atoms with Crippen LogP contribution in [0.3, 0.4) is 0 Å². The Morgan fingerprint density at radius 2 is 2.13 bits per heavy atom. The van der Waals surface area contributed by atoms with Gasteiger partial charge >= 0.3 is 18.9 Å². The van der Waals surface area contributed by atoms with Crippen molar-refractivity contribution in [2.45, 2.75) is 20.3 Å². The maximum Gasteiger partial charge on any atom is 1.00 e. The largest absolute Gasteiger partial charge is 1.00 e. The number of aliphatic imine (C=N–C) groups is 1. The number of hydrogen-bond donors (Lipinski definition) is 0. The van der Waals surface area contributed by atoms with Gasteiger partial charge in [-0.15, -0.1) is 0 Å². The summed E-state index contributed by atoms with van der Waals surface area (Å²) in [4.78, 5) is 16.8. The van der Waals surface area contributed by atoms with Crippen LogP contribution in [0.2, 0.25) is 0 Å². The van der Waals surface area contributed by atoms with Gasteiger partial charge < -0.3 is 9.98 Å². The molecule has 1 aromatic rings. The average molecular weight is 194 g/mol. The monoisotopic (exact) mass is 194 g/mol. The Morgan fingerprint density at radius 1 is 1.33 bits per heavy atom. The third kappa shape index (κ3) is 2.47. The third-order valence-corrected chi connectivity index (χ3v) is 2.03. The molecule has 0 unspecified atom stereocenters. The van der Waals surface area contributed by atoms with Crippen LogP contribution in [0.4, 0.5) is 0 Å². The standard InChI is InChI=1S/C10H11N4.Li/c1-3-9-8-5-11-4-7(2)14-10(8)13-6-12-9;/h4-6H,3H2,1-2H3;/q-1;+1. The van der Waals surface area contributed by atoms with Crippen LogP contribution in [-0.2, 0) is 6.42 Å². The van der Waals surface area contributed by atoms with E-state index < -0.39 is 0 Å². The Bertz CT molecular complexity index is 481. The minimum absolute atomic E-state index is 0. The van der Waals surface area contributed by atoms with Gasteiger partial charge in [-0.05, 0) is 17.9 Å². The van der Waals surface area contributed by atoms with Gasteiger partial charge in [-0.3, -0.25) is 4.99 Å². The van der Waals surface area contributed by atoms with Crippen molar-refractivity contribution in [2.75, 3.05) is 0 Å². The number of hydrogen-bond acceptors (Lipinski definition) is 4. The summed E-state index contributed by atoms with van der Waals surface area (Å²) in [5.74, 6) is 0. The van der Waals surface area contributed by atoms with Crippen LogP contribution in [0.5, 0.6) is 0 Å². The first-order valence-electron chi connectivity index (χ1n) is 4.57. The predicted octanol–water partition coefficient (Wildman–Crippen LogP) is -2.96. The molecule has 1 aromatic heterocycles. The Kier molecular flexibility index (Phi) is 4.07. The van der Waals surface area contributed by atoms with E-state index in [0.29, 0.717) is 5.49 Å². The minimum Gasteiger partial charge on any atom is -0.421 e. The molecule has 15 heavy (non-hydrogen) atoms. The molecule has 0 bridgehead atoms. The van der Waals surface area contributed by atoms with E-state index in [1.807, 2.05) is 6.92 Å². The first-order chi connectivity index (χ1) is 6.81. The van der Waals surface area contributed by atoms with Crippen LogP contribution in [0.25, 0.3) is 6.20 Å². The number of rotatable bonds is 1. The van der Waals surface area contributed by atoms with E-state index in [0.717, 1.165) is 23.4 Å². The van der Waals surface area contributed by atoms with Crippen molar-refractivity contribution < 1.29 is 18.9 Å². The van der Waals surface area contributed by atoms with Gasteiger partial charge in [0.1, 0.15) is 0 Å². The molecule has 0 spiro atoms. The van der Waals surface area contributed by atoms with Gasteiger partial charge in [0.05, 0.1) is 6.33 Å². The average Bonchev–Trinajstić information content (AvgIpc) is 2.37. The summed E-state index contributed by atoms with van der Waals surface area (Å²) in [5.41, 5.74) is 1.71. The van der Waals surface area contributed by atoms with Crippen molar-refractivity contribution in [1.82, 2.24) is 9.97 Å². The fraction of sp³-hybridized carbons (Fsp3) is 0.300. The van der Waals surface area contributed by atoms with Crippen LogP contribution < -0.4 is 29.6 Å². The number of aryl methyl sites for hydroxylation is 1. The summed E-state index contributed by atoms with van der Waals surface area (Å²) in [7, 11) is 0. The molecule has 72 valence electrons. The molecule has 0 saturated heterocycles. The van der Waals surface area contributed by atoms with Crippen molar-refractivity contribution in [3.05, 3.63) is 28.8 Å². The smallest absolute Gasteiger partial charge is 0.421 e. The van der Waals surface area contributed by atoms with Gasteiger partial charge in [0.2, 0.25) is 0 Å². The van der Waals surface area contributed by atoms with Crippen LogP contribution >= 0.6 is 0 Å². The molecule has 0 aromatic carbocycles. The van der Waals surface area contributed by atoms with Crippen LogP contribution in [0, 0.1) is 6.04 Å². The summed E-state index contributed by atoms with van der Waals surface area (Å²) < 4.78 is 0. The van der Waals surface area contributed by atoms with Gasteiger partial charge in [-0.2, -0.15) is 0 Å². The Morgan fingerprint density at radius 3 is 2.87 bits per heavy atom. The molecule has 0 saturated carbocycles. The molecule has 2 heterocycles. The molecule has 0 amide bonds. The van der Waals surface area contributed by atoms with Gasteiger partial charge in [-0.25, -0.2) is 4.98 Å². The van der Waals surface area contributed by atoms with Crippen molar-refractivity contribution in [3.63, 3.8) is 0 Å². The molecule has 0 aliphatic carbocycles. The Labute approximate surface area is 100 Å². The zero-order valence-corrected chi connectivity index (χ0v) is 9.23. The number of nitrogens with zero attached hydrogens (tertiary/aromatic N) is 4. The summed E-state index contributed by atoms with van der Waals surface area (Å²) in [6, 6.07) is 0.862. The zero-order chi connectivity index (χ0) is 9.97. The topological polar surface area (TPSA) is 50.5 Å². The van der Waals surface area contributed by atoms with E-state index in [1.54, 1.807) is 18.7 Å². The van der Waals surface area contributed by atoms with E-state index in [1.165, 1.54) is 0 Å². The van der Waals surface area contributed by atoms with E-state index in [-0.39, 0.29) is 18.9 Å². The molecule has 4 nitrogen and oxygen atoms in total. The molecule has 1 aliphatic heterocycles. The SMILES string of the molecule is CCc1ncnc2c1=CN=C[C-](C)N=2.[Li+]. The van der Waals surface area contributed by atoms with E-state index in [2.05, 4.69) is 26.9 Å². The molecule has 0 radical (unpaired) electrons. The first kappa shape index (κ1) is 12.0. The summed E-state index contributed by atoms with van der Waals surface area (Å²) >= 11 is 0. The maximum absolute atomic E-state index is 4.33. The van der Waals surface area contributed by atoms with Gasteiger partial charge in [0, 0.05) is 17.4 Å². The summed E-state index contributed by atoms with van der Waals surface area (Å²) in [6.45, 7) is 3.96. The van der Waals surface area contributed by atoms with Crippen molar-refractivity contribution >= 4 is 12.4 Å². The van der Waals surface area contributed by atoms with Crippen molar-refractivity contribution in [1.29, 1.82) is 0 Å². The van der Waals surface area contributed by atoms with Crippen LogP contribution in [0.1, 0.15) is 19.5 Å². The molecular weight excluding hydrogens is 183 g/mol. The molecule has 0 fully saturated rings. The molecule has 1 aliphatic rings. The second-order valence-corrected chi connectivity index (χ2v) is 3.07. The maximum atomic E-state index is 4.33. The molecule has 2 rings (SSSR count). The second-order valence-electron chi connectivity index (χ2n) is 3.07. The van der Waals surface area contributed by atoms with E-state index in [9.17, 15) is 0 Å². The van der Waals surface area contributed by atoms with Crippen molar-refractivity contribution in [2.24, 2.45) is 9.98 Å². The molecular formula is C10H11LiN4. The normalized spacial score (nSPS) is 13.1. The summed E-state index contributed by atoms with van der Waals surface area (Å²) in [6.07, 6.45) is 5.91. The second kappa shape index (κ2) is 5.10. The fourth-order valence-electron chi connectivity index (χ4n) is 1.34. The van der Waals surface area contributed by atoms with Gasteiger partial charge in [-0.1, -0.05) is 19.9 Å². The van der Waals surface area contributed by atoms with Gasteiger partial charge in [0.25, 0.3) is 0 Å². The quantitative estimate of drug-likeness (QED) is 0.354. The van der Waals surface area contributed by atoms with Crippen LogP contribution in [-0.4, -0.2) is 16.2 Å². The van der Waals surface area contributed by atoms with Crippen LogP contribution in [0.15, 0.2) is 16.3 Å². The number of fused-ring (bicyclic) bond motifs is 1. The zero-order valence-electron chi connectivity index (χ0n) is 9.23. The third-order valence-electron chi connectivity index (χ3n) is 2.03. The van der Waals surface area contributed by atoms with Crippen molar-refractivity contribution in [3.8, 4) is 0 Å².